The van der Waals surface area contributed by atoms with Crippen LogP contribution < -0.4 is 5.32 Å². The van der Waals surface area contributed by atoms with Gasteiger partial charge in [0.1, 0.15) is 17.1 Å². The summed E-state index contributed by atoms with van der Waals surface area (Å²) in [5.74, 6) is -5.58. The summed E-state index contributed by atoms with van der Waals surface area (Å²) in [5, 5.41) is 6.28. The highest BCUT2D eigenvalue weighted by molar-refractivity contribution is 7.91. The molecule has 1 heterocycles. The second-order valence-electron chi connectivity index (χ2n) is 9.50. The van der Waals surface area contributed by atoms with E-state index in [9.17, 15) is 35.3 Å². The topological polar surface area (TPSA) is 87.8 Å². The van der Waals surface area contributed by atoms with Crippen molar-refractivity contribution in [3.63, 3.8) is 0 Å². The summed E-state index contributed by atoms with van der Waals surface area (Å²) in [6.07, 6.45) is -4.13. The van der Waals surface area contributed by atoms with Crippen molar-refractivity contribution in [2.24, 2.45) is 5.41 Å². The number of rotatable bonds is 6. The summed E-state index contributed by atoms with van der Waals surface area (Å²) in [4.78, 5) is 12.6. The first-order valence-electron chi connectivity index (χ1n) is 10.4. The summed E-state index contributed by atoms with van der Waals surface area (Å²) in [6, 6.07) is 2.83. The molecule has 6 nitrogen and oxygen atoms in total. The molecule has 1 amide bonds. The Morgan fingerprint density at radius 3 is 2.41 bits per heavy atom. The Labute approximate surface area is 191 Å². The maximum atomic E-state index is 14.1. The normalized spacial score (nSPS) is 20.9. The fraction of sp³-hybridized carbons (Fsp3) is 0.524. The van der Waals surface area contributed by atoms with Gasteiger partial charge in [-0.2, -0.15) is 18.3 Å². The maximum absolute atomic E-state index is 14.1. The average molecular weight is 508 g/mol. The van der Waals surface area contributed by atoms with Crippen molar-refractivity contribution < 1.29 is 35.3 Å². The molecule has 13 heteroatoms. The molecule has 0 spiro atoms. The zero-order valence-electron chi connectivity index (χ0n) is 18.2. The third-order valence-corrected chi connectivity index (χ3v) is 7.11. The molecule has 34 heavy (non-hydrogen) atoms. The molecule has 0 saturated heterocycles. The lowest BCUT2D eigenvalue weighted by atomic mass is 9.67. The van der Waals surface area contributed by atoms with Crippen LogP contribution in [0.3, 0.4) is 0 Å². The van der Waals surface area contributed by atoms with Gasteiger partial charge in [-0.15, -0.1) is 0 Å². The van der Waals surface area contributed by atoms with Gasteiger partial charge < -0.3 is 5.32 Å². The number of halogens is 6. The largest absolute Gasteiger partial charge is 0.420 e. The Morgan fingerprint density at radius 1 is 1.29 bits per heavy atom. The lowest BCUT2D eigenvalue weighted by Gasteiger charge is -2.44. The van der Waals surface area contributed by atoms with Crippen molar-refractivity contribution in [1.82, 2.24) is 9.78 Å². The second-order valence-corrected chi connectivity index (χ2v) is 11.6. The van der Waals surface area contributed by atoms with Gasteiger partial charge in [-0.05, 0) is 36.5 Å². The second kappa shape index (κ2) is 7.72. The highest BCUT2D eigenvalue weighted by Crippen LogP contribution is 2.53. The molecule has 2 saturated carbocycles. The Kier molecular flexibility index (Phi) is 5.57. The molecule has 0 bridgehead atoms. The minimum absolute atomic E-state index is 0.168. The molecule has 2 fully saturated rings. The van der Waals surface area contributed by atoms with Gasteiger partial charge in [-0.1, -0.05) is 6.92 Å². The number of hydrogen-bond donors (Lipinski definition) is 2. The molecular weight excluding hydrogens is 486 g/mol. The van der Waals surface area contributed by atoms with Crippen molar-refractivity contribution in [3.8, 4) is 0 Å². The van der Waals surface area contributed by atoms with Gasteiger partial charge in [0.05, 0.1) is 20.3 Å². The first-order chi connectivity index (χ1) is 15.5. The number of carbonyl (C=O) groups is 1. The predicted octanol–water partition coefficient (Wildman–Crippen LogP) is 5.64. The van der Waals surface area contributed by atoms with Crippen molar-refractivity contribution in [3.05, 3.63) is 41.0 Å². The average Bonchev–Trinajstić information content (AvgIpc) is 3.41. The predicted molar refractivity (Wildman–Crippen MR) is 111 cm³/mol. The monoisotopic (exact) mass is 508 g/mol. The molecular formula is C21H22F6N4O2S. The van der Waals surface area contributed by atoms with Crippen LogP contribution in [0.25, 0.3) is 0 Å². The number of nitrogens with zero attached hydrogens (tertiary/aromatic N) is 2. The van der Waals surface area contributed by atoms with Crippen LogP contribution in [0, 0.1) is 16.0 Å². The Morgan fingerprint density at radius 2 is 1.91 bits per heavy atom. The van der Waals surface area contributed by atoms with Crippen LogP contribution in [-0.2, 0) is 22.5 Å². The SMILES string of the molecule is CC1(Cn2nc(C3CC3)c(C(F)(F)F)c2C(=O)Nc2ccc(F)c([S@@](C)(=N)=O)c2)CC(F)(F)C1. The van der Waals surface area contributed by atoms with Crippen LogP contribution in [0.4, 0.5) is 32.0 Å². The lowest BCUT2D eigenvalue weighted by molar-refractivity contribution is -0.160. The van der Waals surface area contributed by atoms with Crippen LogP contribution in [0.1, 0.15) is 60.3 Å². The number of nitrogens with one attached hydrogen (secondary N) is 2. The maximum Gasteiger partial charge on any atom is 0.420 e. The van der Waals surface area contributed by atoms with E-state index < -0.39 is 73.9 Å². The minimum Gasteiger partial charge on any atom is -0.321 e. The highest BCUT2D eigenvalue weighted by atomic mass is 32.2. The van der Waals surface area contributed by atoms with Crippen LogP contribution in [-0.4, -0.2) is 32.1 Å². The number of aromatic nitrogens is 2. The molecule has 2 aromatic rings. The van der Waals surface area contributed by atoms with Crippen molar-refractivity contribution >= 4 is 21.3 Å². The quantitative estimate of drug-likeness (QED) is 0.495. The molecule has 4 rings (SSSR count). The molecule has 0 unspecified atom stereocenters. The zero-order chi connectivity index (χ0) is 25.3. The number of benzene rings is 1. The van der Waals surface area contributed by atoms with Crippen molar-refractivity contribution in [1.29, 1.82) is 4.78 Å². The number of anilines is 1. The van der Waals surface area contributed by atoms with Crippen LogP contribution in [0.15, 0.2) is 23.1 Å². The van der Waals surface area contributed by atoms with Gasteiger partial charge in [0.2, 0.25) is 5.92 Å². The van der Waals surface area contributed by atoms with Gasteiger partial charge in [-0.25, -0.2) is 22.2 Å². The zero-order valence-corrected chi connectivity index (χ0v) is 19.0. The number of hydrogen-bond acceptors (Lipinski definition) is 4. The van der Waals surface area contributed by atoms with E-state index in [1.807, 2.05) is 0 Å². The first-order valence-corrected chi connectivity index (χ1v) is 12.4. The van der Waals surface area contributed by atoms with Gasteiger partial charge in [-0.3, -0.25) is 9.48 Å². The number of amides is 1. The third-order valence-electron chi connectivity index (χ3n) is 5.95. The van der Waals surface area contributed by atoms with E-state index >= 15 is 0 Å². The Balaban J connectivity index is 1.76. The smallest absolute Gasteiger partial charge is 0.321 e. The molecule has 1 aromatic carbocycles. The number of carbonyl (C=O) groups excluding carboxylic acids is 1. The van der Waals surface area contributed by atoms with E-state index in [2.05, 4.69) is 10.4 Å². The van der Waals surface area contributed by atoms with Crippen molar-refractivity contribution in [2.45, 2.75) is 62.1 Å². The van der Waals surface area contributed by atoms with Gasteiger partial charge in [0.25, 0.3) is 5.91 Å². The van der Waals surface area contributed by atoms with Crippen LogP contribution in [0.5, 0.6) is 0 Å². The molecule has 0 aliphatic heterocycles. The summed E-state index contributed by atoms with van der Waals surface area (Å²) < 4.78 is 104. The van der Waals surface area contributed by atoms with Crippen LogP contribution in [0.2, 0.25) is 0 Å². The summed E-state index contributed by atoms with van der Waals surface area (Å²) in [7, 11) is -3.52. The summed E-state index contributed by atoms with van der Waals surface area (Å²) >= 11 is 0. The Hall–Kier alpha value is -2.57. The van der Waals surface area contributed by atoms with Crippen molar-refractivity contribution in [2.75, 3.05) is 11.6 Å². The van der Waals surface area contributed by atoms with Gasteiger partial charge in [0, 0.05) is 37.2 Å². The molecule has 1 aromatic heterocycles. The summed E-state index contributed by atoms with van der Waals surface area (Å²) in [5.41, 5.74) is -3.55. The van der Waals surface area contributed by atoms with Gasteiger partial charge in [0.15, 0.2) is 0 Å². The fourth-order valence-electron chi connectivity index (χ4n) is 4.49. The molecule has 2 aliphatic rings. The van der Waals surface area contributed by atoms with E-state index in [0.29, 0.717) is 12.8 Å². The van der Waals surface area contributed by atoms with E-state index in [-0.39, 0.29) is 17.9 Å². The molecule has 2 aliphatic carbocycles. The standard InChI is InChI=1S/C21H22F6N4O2S/c1-19(8-20(23,24)9-19)10-31-17(15(21(25,26)27)16(30-31)11-3-4-11)18(32)29-12-5-6-13(22)14(7-12)34(2,28)33/h5-7,11,28H,3-4,8-10H2,1-2H3,(H,29,32)/t34-/m0/s1. The highest BCUT2D eigenvalue weighted by Gasteiger charge is 2.55. The molecule has 0 radical (unpaired) electrons. The summed E-state index contributed by atoms with van der Waals surface area (Å²) in [6.45, 7) is 1.18. The van der Waals surface area contributed by atoms with E-state index in [0.717, 1.165) is 29.1 Å². The molecule has 1 atom stereocenters. The molecule has 2 N–H and O–H groups in total. The van der Waals surface area contributed by atoms with E-state index in [1.165, 1.54) is 6.92 Å². The van der Waals surface area contributed by atoms with Crippen LogP contribution >= 0.6 is 0 Å². The number of alkyl halides is 5. The van der Waals surface area contributed by atoms with Gasteiger partial charge >= 0.3 is 6.18 Å². The third kappa shape index (κ3) is 4.80. The molecule has 186 valence electrons. The minimum atomic E-state index is -4.93. The lowest BCUT2D eigenvalue weighted by Crippen LogP contribution is -2.47. The fourth-order valence-corrected chi connectivity index (χ4v) is 5.28. The van der Waals surface area contributed by atoms with E-state index in [1.54, 1.807) is 0 Å². The Bertz CT molecular complexity index is 1260. The van der Waals surface area contributed by atoms with E-state index in [4.69, 9.17) is 4.78 Å². The first kappa shape index (κ1) is 24.6.